The van der Waals surface area contributed by atoms with Crippen molar-refractivity contribution in [1.29, 1.82) is 0 Å². The summed E-state index contributed by atoms with van der Waals surface area (Å²) in [6.07, 6.45) is 3.74. The molecule has 3 heterocycles. The number of fused-ring (bicyclic) bond motifs is 4. The average molecular weight is 341 g/mol. The van der Waals surface area contributed by atoms with Crippen LogP contribution in [-0.4, -0.2) is 41.9 Å². The second-order valence-electron chi connectivity index (χ2n) is 7.20. The summed E-state index contributed by atoms with van der Waals surface area (Å²) >= 11 is 0. The molecule has 0 saturated carbocycles. The number of benzene rings is 1. The highest BCUT2D eigenvalue weighted by Crippen LogP contribution is 2.48. The lowest BCUT2D eigenvalue weighted by molar-refractivity contribution is -0.153. The van der Waals surface area contributed by atoms with Crippen LogP contribution < -0.4 is 10.2 Å². The minimum atomic E-state index is -1.19. The van der Waals surface area contributed by atoms with Crippen LogP contribution in [0, 0.1) is 5.41 Å². The van der Waals surface area contributed by atoms with Gasteiger partial charge in [0.05, 0.1) is 6.04 Å². The smallest absolute Gasteiger partial charge is 0.330 e. The zero-order valence-corrected chi connectivity index (χ0v) is 14.5. The van der Waals surface area contributed by atoms with Gasteiger partial charge in [-0.15, -0.1) is 0 Å². The molecule has 2 saturated heterocycles. The molecular weight excluding hydrogens is 318 g/mol. The van der Waals surface area contributed by atoms with Crippen LogP contribution in [0.5, 0.6) is 0 Å². The molecule has 4 amide bonds. The molecule has 1 spiro atoms. The maximum Gasteiger partial charge on any atom is 0.330 e. The van der Waals surface area contributed by atoms with Gasteiger partial charge in [-0.05, 0) is 37.3 Å². The number of nitrogens with zero attached hydrogens (tertiary/aromatic N) is 2. The van der Waals surface area contributed by atoms with E-state index in [0.29, 0.717) is 13.0 Å². The van der Waals surface area contributed by atoms with Crippen molar-refractivity contribution in [1.82, 2.24) is 10.2 Å². The molecule has 1 aromatic carbocycles. The van der Waals surface area contributed by atoms with E-state index in [2.05, 4.69) is 16.3 Å². The SMILES string of the molecule is CCCCN1C(=O)NC(=O)[C@]2(Cc3ccccc3N3CCC[C@@H]32)C1=O. The summed E-state index contributed by atoms with van der Waals surface area (Å²) in [6, 6.07) is 7.23. The van der Waals surface area contributed by atoms with Crippen molar-refractivity contribution in [2.45, 2.75) is 45.1 Å². The molecule has 0 radical (unpaired) electrons. The maximum atomic E-state index is 13.4. The first-order chi connectivity index (χ1) is 12.1. The van der Waals surface area contributed by atoms with E-state index in [-0.39, 0.29) is 11.9 Å². The molecule has 0 bridgehead atoms. The Morgan fingerprint density at radius 2 is 2.04 bits per heavy atom. The van der Waals surface area contributed by atoms with Gasteiger partial charge < -0.3 is 4.90 Å². The number of anilines is 1. The Bertz CT molecular complexity index is 747. The molecule has 132 valence electrons. The van der Waals surface area contributed by atoms with E-state index >= 15 is 0 Å². The zero-order valence-electron chi connectivity index (χ0n) is 14.5. The number of urea groups is 1. The van der Waals surface area contributed by atoms with Crippen LogP contribution in [-0.2, 0) is 16.0 Å². The molecule has 1 N–H and O–H groups in total. The van der Waals surface area contributed by atoms with Gasteiger partial charge in [0.2, 0.25) is 11.8 Å². The van der Waals surface area contributed by atoms with Crippen LogP contribution in [0.2, 0.25) is 0 Å². The van der Waals surface area contributed by atoms with E-state index in [9.17, 15) is 14.4 Å². The highest BCUT2D eigenvalue weighted by atomic mass is 16.2. The largest absolute Gasteiger partial charge is 0.367 e. The third kappa shape index (κ3) is 2.19. The summed E-state index contributed by atoms with van der Waals surface area (Å²) in [5.74, 6) is -0.747. The number of carbonyl (C=O) groups is 3. The van der Waals surface area contributed by atoms with E-state index in [1.807, 2.05) is 25.1 Å². The van der Waals surface area contributed by atoms with E-state index in [1.165, 1.54) is 4.90 Å². The highest BCUT2D eigenvalue weighted by Gasteiger charge is 2.62. The fraction of sp³-hybridized carbons (Fsp3) is 0.526. The van der Waals surface area contributed by atoms with Gasteiger partial charge in [0.25, 0.3) is 0 Å². The number of hydrogen-bond donors (Lipinski definition) is 1. The van der Waals surface area contributed by atoms with Gasteiger partial charge in [-0.2, -0.15) is 0 Å². The number of hydrogen-bond acceptors (Lipinski definition) is 4. The van der Waals surface area contributed by atoms with E-state index in [4.69, 9.17) is 0 Å². The fourth-order valence-electron chi connectivity index (χ4n) is 4.60. The summed E-state index contributed by atoms with van der Waals surface area (Å²) in [6.45, 7) is 3.22. The Morgan fingerprint density at radius 3 is 2.84 bits per heavy atom. The Labute approximate surface area is 147 Å². The number of amides is 4. The molecule has 3 aliphatic heterocycles. The number of unbranched alkanes of at least 4 members (excludes halogenated alkanes) is 1. The normalized spacial score (nSPS) is 28.2. The van der Waals surface area contributed by atoms with Crippen LogP contribution in [0.15, 0.2) is 24.3 Å². The van der Waals surface area contributed by atoms with E-state index in [1.54, 1.807) is 0 Å². The summed E-state index contributed by atoms with van der Waals surface area (Å²) in [5, 5.41) is 2.47. The Morgan fingerprint density at radius 1 is 1.24 bits per heavy atom. The second kappa shape index (κ2) is 5.86. The average Bonchev–Trinajstić information content (AvgIpc) is 3.10. The Hall–Kier alpha value is -2.37. The molecule has 6 heteroatoms. The Balaban J connectivity index is 1.80. The van der Waals surface area contributed by atoms with Gasteiger partial charge >= 0.3 is 6.03 Å². The van der Waals surface area contributed by atoms with Crippen LogP contribution in [0.4, 0.5) is 10.5 Å². The first-order valence-electron chi connectivity index (χ1n) is 9.11. The van der Waals surface area contributed by atoms with Crippen molar-refractivity contribution in [2.75, 3.05) is 18.0 Å². The maximum absolute atomic E-state index is 13.4. The standard InChI is InChI=1S/C19H23N3O3/c1-2-3-10-22-17(24)19(16(23)20-18(22)25)12-13-7-4-5-8-14(13)21-11-6-9-15(19)21/h4-5,7-8,15H,2-3,6,9-12H2,1H3,(H,20,23,25)/t15-,19-/m1/s1. The molecule has 6 nitrogen and oxygen atoms in total. The number of rotatable bonds is 3. The summed E-state index contributed by atoms with van der Waals surface area (Å²) in [4.78, 5) is 42.1. The van der Waals surface area contributed by atoms with Crippen molar-refractivity contribution in [2.24, 2.45) is 5.41 Å². The van der Waals surface area contributed by atoms with Crippen LogP contribution in [0.25, 0.3) is 0 Å². The molecule has 3 aliphatic rings. The van der Waals surface area contributed by atoms with E-state index < -0.39 is 17.4 Å². The molecule has 0 aromatic heterocycles. The Kier molecular flexibility index (Phi) is 3.78. The van der Waals surface area contributed by atoms with Gasteiger partial charge in [0.15, 0.2) is 5.41 Å². The summed E-state index contributed by atoms with van der Waals surface area (Å²) < 4.78 is 0. The molecule has 0 aliphatic carbocycles. The lowest BCUT2D eigenvalue weighted by Gasteiger charge is -2.49. The lowest BCUT2D eigenvalue weighted by atomic mass is 9.68. The summed E-state index contributed by atoms with van der Waals surface area (Å²) in [7, 11) is 0. The molecule has 4 rings (SSSR count). The van der Waals surface area contributed by atoms with Crippen LogP contribution in [0.1, 0.15) is 38.2 Å². The van der Waals surface area contributed by atoms with Gasteiger partial charge in [-0.3, -0.25) is 19.8 Å². The molecule has 0 unspecified atom stereocenters. The molecule has 1 aromatic rings. The monoisotopic (exact) mass is 341 g/mol. The number of carbonyl (C=O) groups excluding carboxylic acids is 3. The van der Waals surface area contributed by atoms with Gasteiger partial charge in [0, 0.05) is 18.8 Å². The van der Waals surface area contributed by atoms with Gasteiger partial charge in [-0.1, -0.05) is 31.5 Å². The lowest BCUT2D eigenvalue weighted by Crippen LogP contribution is -2.71. The third-order valence-electron chi connectivity index (χ3n) is 5.82. The quantitative estimate of drug-likeness (QED) is 0.855. The number of nitrogens with one attached hydrogen (secondary N) is 1. The molecule has 25 heavy (non-hydrogen) atoms. The van der Waals surface area contributed by atoms with Crippen LogP contribution in [0.3, 0.4) is 0 Å². The van der Waals surface area contributed by atoms with Crippen molar-refractivity contribution >= 4 is 23.5 Å². The predicted octanol–water partition coefficient (Wildman–Crippen LogP) is 2.08. The fourth-order valence-corrected chi connectivity index (χ4v) is 4.60. The minimum Gasteiger partial charge on any atom is -0.367 e. The van der Waals surface area contributed by atoms with E-state index in [0.717, 1.165) is 43.5 Å². The first-order valence-corrected chi connectivity index (χ1v) is 9.11. The summed E-state index contributed by atoms with van der Waals surface area (Å²) in [5.41, 5.74) is 0.939. The number of para-hydroxylation sites is 1. The molecule has 2 fully saturated rings. The molecule has 2 atom stereocenters. The van der Waals surface area contributed by atoms with Crippen molar-refractivity contribution in [3.05, 3.63) is 29.8 Å². The minimum absolute atomic E-state index is 0.174. The van der Waals surface area contributed by atoms with Crippen molar-refractivity contribution in [3.63, 3.8) is 0 Å². The highest BCUT2D eigenvalue weighted by molar-refractivity contribution is 6.20. The van der Waals surface area contributed by atoms with Crippen molar-refractivity contribution < 1.29 is 14.4 Å². The molecular formula is C19H23N3O3. The van der Waals surface area contributed by atoms with Gasteiger partial charge in [-0.25, -0.2) is 4.79 Å². The van der Waals surface area contributed by atoms with Crippen molar-refractivity contribution in [3.8, 4) is 0 Å². The zero-order chi connectivity index (χ0) is 17.6. The third-order valence-corrected chi connectivity index (χ3v) is 5.82. The number of barbiturate groups is 1. The van der Waals surface area contributed by atoms with Crippen LogP contribution >= 0.6 is 0 Å². The predicted molar refractivity (Wildman–Crippen MR) is 93.1 cm³/mol. The van der Waals surface area contributed by atoms with Gasteiger partial charge in [0.1, 0.15) is 0 Å². The topological polar surface area (TPSA) is 69.7 Å². The second-order valence-corrected chi connectivity index (χ2v) is 7.20. The first kappa shape index (κ1) is 16.1. The number of imide groups is 2.